The van der Waals surface area contributed by atoms with Gasteiger partial charge >= 0.3 is 0 Å². The van der Waals surface area contributed by atoms with Crippen LogP contribution >= 0.6 is 0 Å². The van der Waals surface area contributed by atoms with Gasteiger partial charge in [-0.3, -0.25) is 14.4 Å². The monoisotopic (exact) mass is 492 g/mol. The SMILES string of the molecule is CC(C)(C)c1ccc(C(C(=O)C2CCCN2C#N)C(C(=O)NC2CCCCC2)C2CNC(=O)C2)cc1. The van der Waals surface area contributed by atoms with Crippen LogP contribution in [0.4, 0.5) is 0 Å². The molecule has 4 atom stereocenters. The van der Waals surface area contributed by atoms with Gasteiger partial charge in [0.1, 0.15) is 0 Å². The average Bonchev–Trinajstić information content (AvgIpc) is 3.51. The van der Waals surface area contributed by atoms with Gasteiger partial charge in [-0.2, -0.15) is 5.26 Å². The minimum atomic E-state index is -0.709. The lowest BCUT2D eigenvalue weighted by molar-refractivity contribution is -0.135. The smallest absolute Gasteiger partial charge is 0.224 e. The highest BCUT2D eigenvalue weighted by Crippen LogP contribution is 2.39. The van der Waals surface area contributed by atoms with E-state index in [-0.39, 0.29) is 41.4 Å². The quantitative estimate of drug-likeness (QED) is 0.564. The number of carbonyl (C=O) groups excluding carboxylic acids is 3. The Balaban J connectivity index is 1.73. The summed E-state index contributed by atoms with van der Waals surface area (Å²) in [5.41, 5.74) is 1.90. The number of nitriles is 1. The number of hydrogen-bond acceptors (Lipinski definition) is 5. The molecule has 2 N–H and O–H groups in total. The third kappa shape index (κ3) is 5.74. The molecule has 3 fully saturated rings. The van der Waals surface area contributed by atoms with Crippen molar-refractivity contribution in [2.45, 2.75) is 95.6 Å². The Morgan fingerprint density at radius 2 is 1.78 bits per heavy atom. The number of likely N-dealkylation sites (tertiary alicyclic amines) is 1. The first-order chi connectivity index (χ1) is 17.2. The van der Waals surface area contributed by atoms with E-state index in [1.54, 1.807) is 4.90 Å². The van der Waals surface area contributed by atoms with E-state index in [1.807, 2.05) is 24.3 Å². The van der Waals surface area contributed by atoms with Gasteiger partial charge in [0, 0.05) is 25.6 Å². The van der Waals surface area contributed by atoms with Crippen LogP contribution in [0.15, 0.2) is 24.3 Å². The molecule has 1 aliphatic carbocycles. The predicted octanol–water partition coefficient (Wildman–Crippen LogP) is 3.78. The summed E-state index contributed by atoms with van der Waals surface area (Å²) in [6, 6.07) is 7.61. The lowest BCUT2D eigenvalue weighted by Crippen LogP contribution is -2.48. The van der Waals surface area contributed by atoms with Gasteiger partial charge in [0.2, 0.25) is 11.8 Å². The molecule has 7 heteroatoms. The number of carbonyl (C=O) groups is 3. The van der Waals surface area contributed by atoms with Crippen molar-refractivity contribution >= 4 is 17.6 Å². The van der Waals surface area contributed by atoms with Crippen LogP contribution in [-0.4, -0.2) is 47.7 Å². The summed E-state index contributed by atoms with van der Waals surface area (Å²) < 4.78 is 0. The summed E-state index contributed by atoms with van der Waals surface area (Å²) in [4.78, 5) is 41.9. The van der Waals surface area contributed by atoms with Crippen molar-refractivity contribution in [2.24, 2.45) is 11.8 Å². The lowest BCUT2D eigenvalue weighted by Gasteiger charge is -2.34. The van der Waals surface area contributed by atoms with Crippen molar-refractivity contribution in [3.8, 4) is 6.19 Å². The van der Waals surface area contributed by atoms with Crippen LogP contribution in [0.2, 0.25) is 0 Å². The van der Waals surface area contributed by atoms with E-state index in [9.17, 15) is 19.6 Å². The zero-order valence-electron chi connectivity index (χ0n) is 21.9. The molecule has 7 nitrogen and oxygen atoms in total. The Labute approximate surface area is 215 Å². The molecule has 36 heavy (non-hydrogen) atoms. The zero-order valence-corrected chi connectivity index (χ0v) is 21.9. The van der Waals surface area contributed by atoms with Crippen molar-refractivity contribution in [2.75, 3.05) is 13.1 Å². The molecule has 2 aliphatic heterocycles. The molecular weight excluding hydrogens is 452 g/mol. The Morgan fingerprint density at radius 1 is 1.08 bits per heavy atom. The van der Waals surface area contributed by atoms with E-state index in [4.69, 9.17) is 0 Å². The van der Waals surface area contributed by atoms with Crippen LogP contribution in [0.1, 0.15) is 89.2 Å². The normalized spacial score (nSPS) is 24.6. The Bertz CT molecular complexity index is 1000. The van der Waals surface area contributed by atoms with Gasteiger partial charge in [-0.25, -0.2) is 0 Å². The van der Waals surface area contributed by atoms with E-state index >= 15 is 0 Å². The largest absolute Gasteiger partial charge is 0.356 e. The maximum Gasteiger partial charge on any atom is 0.224 e. The molecule has 1 saturated carbocycles. The molecule has 2 amide bonds. The highest BCUT2D eigenvalue weighted by Gasteiger charge is 2.46. The maximum absolute atomic E-state index is 14.2. The van der Waals surface area contributed by atoms with Gasteiger partial charge in [0.05, 0.1) is 17.9 Å². The molecule has 4 rings (SSSR count). The van der Waals surface area contributed by atoms with Gasteiger partial charge in [-0.05, 0) is 48.1 Å². The van der Waals surface area contributed by atoms with Crippen molar-refractivity contribution in [1.82, 2.24) is 15.5 Å². The molecule has 194 valence electrons. The second-order valence-corrected chi connectivity index (χ2v) is 11.8. The molecule has 1 aromatic rings. The third-order valence-electron chi connectivity index (χ3n) is 8.28. The molecule has 0 radical (unpaired) electrons. The number of amides is 2. The van der Waals surface area contributed by atoms with Gasteiger partial charge in [-0.1, -0.05) is 64.3 Å². The number of benzene rings is 1. The fraction of sp³-hybridized carbons (Fsp3) is 0.655. The summed E-state index contributed by atoms with van der Waals surface area (Å²) in [7, 11) is 0. The number of nitrogens with one attached hydrogen (secondary N) is 2. The summed E-state index contributed by atoms with van der Waals surface area (Å²) in [5.74, 6) is -1.94. The minimum Gasteiger partial charge on any atom is -0.356 e. The molecule has 0 spiro atoms. The standard InChI is InChI=1S/C29H40N4O3/c1-29(2,3)21-13-11-19(12-14-21)25(27(35)23-10-7-15-33(23)18-30)26(20-16-24(34)31-17-20)28(36)32-22-8-5-4-6-9-22/h11-14,20,22-23,25-26H,4-10,15-17H2,1-3H3,(H,31,34)(H,32,36). The van der Waals surface area contributed by atoms with Crippen molar-refractivity contribution in [1.29, 1.82) is 5.26 Å². The maximum atomic E-state index is 14.2. The van der Waals surface area contributed by atoms with Crippen LogP contribution in [-0.2, 0) is 19.8 Å². The number of Topliss-reactive ketones (excluding diaryl/α,β-unsaturated/α-hetero) is 1. The van der Waals surface area contributed by atoms with Crippen LogP contribution in [0.5, 0.6) is 0 Å². The van der Waals surface area contributed by atoms with Crippen molar-refractivity contribution in [3.63, 3.8) is 0 Å². The molecule has 1 aromatic carbocycles. The van der Waals surface area contributed by atoms with E-state index < -0.39 is 17.9 Å². The fourth-order valence-electron chi connectivity index (χ4n) is 6.19. The molecule has 2 saturated heterocycles. The van der Waals surface area contributed by atoms with E-state index in [1.165, 1.54) is 6.42 Å². The second kappa shape index (κ2) is 11.0. The molecule has 0 bridgehead atoms. The van der Waals surface area contributed by atoms with Gasteiger partial charge in [-0.15, -0.1) is 0 Å². The first-order valence-corrected chi connectivity index (χ1v) is 13.6. The van der Waals surface area contributed by atoms with Gasteiger partial charge in [0.15, 0.2) is 12.0 Å². The minimum absolute atomic E-state index is 0.0410. The number of ketones is 1. The molecule has 2 heterocycles. The Morgan fingerprint density at radius 3 is 2.36 bits per heavy atom. The molecule has 3 aliphatic rings. The second-order valence-electron chi connectivity index (χ2n) is 11.8. The first kappa shape index (κ1) is 26.2. The summed E-state index contributed by atoms with van der Waals surface area (Å²) in [5, 5.41) is 15.8. The number of rotatable bonds is 7. The van der Waals surface area contributed by atoms with Crippen LogP contribution in [0.3, 0.4) is 0 Å². The fourth-order valence-corrected chi connectivity index (χ4v) is 6.19. The predicted molar refractivity (Wildman–Crippen MR) is 138 cm³/mol. The highest BCUT2D eigenvalue weighted by atomic mass is 16.2. The van der Waals surface area contributed by atoms with Crippen molar-refractivity contribution in [3.05, 3.63) is 35.4 Å². The molecular formula is C29H40N4O3. The summed E-state index contributed by atoms with van der Waals surface area (Å²) in [6.45, 7) is 7.38. The zero-order chi connectivity index (χ0) is 25.9. The summed E-state index contributed by atoms with van der Waals surface area (Å²) in [6.07, 6.45) is 9.08. The molecule has 0 aromatic heterocycles. The topological polar surface area (TPSA) is 102 Å². The molecule has 4 unspecified atom stereocenters. The van der Waals surface area contributed by atoms with E-state index in [0.717, 1.165) is 43.2 Å². The van der Waals surface area contributed by atoms with Crippen LogP contribution in [0.25, 0.3) is 0 Å². The lowest BCUT2D eigenvalue weighted by atomic mass is 9.72. The third-order valence-corrected chi connectivity index (χ3v) is 8.28. The average molecular weight is 493 g/mol. The van der Waals surface area contributed by atoms with E-state index in [0.29, 0.717) is 19.5 Å². The summed E-state index contributed by atoms with van der Waals surface area (Å²) >= 11 is 0. The van der Waals surface area contributed by atoms with Crippen molar-refractivity contribution < 1.29 is 14.4 Å². The number of hydrogen-bond donors (Lipinski definition) is 2. The van der Waals surface area contributed by atoms with Crippen LogP contribution < -0.4 is 10.6 Å². The van der Waals surface area contributed by atoms with Gasteiger partial charge in [0.25, 0.3) is 0 Å². The Hall–Kier alpha value is -2.88. The van der Waals surface area contributed by atoms with Gasteiger partial charge < -0.3 is 15.5 Å². The highest BCUT2D eigenvalue weighted by molar-refractivity contribution is 5.96. The Kier molecular flexibility index (Phi) is 8.02. The van der Waals surface area contributed by atoms with E-state index in [2.05, 4.69) is 37.6 Å². The number of nitrogens with zero attached hydrogens (tertiary/aromatic N) is 2. The van der Waals surface area contributed by atoms with Crippen LogP contribution in [0, 0.1) is 23.3 Å². The first-order valence-electron chi connectivity index (χ1n) is 13.6.